The van der Waals surface area contributed by atoms with E-state index < -0.39 is 0 Å². The standard InChI is InChI=1S/C22H21BrN2O2S/c1-15-12-17(6-9-19(15)24-10-2-3-11-24)13-20-21(26)25(22(27)28-20)14-16-4-7-18(23)8-5-16/h4-9,12-13H,2-3,10-11,14H2,1H3. The molecule has 144 valence electrons. The first kappa shape index (κ1) is 19.3. The first-order valence-electron chi connectivity index (χ1n) is 9.37. The Kier molecular flexibility index (Phi) is 5.60. The minimum atomic E-state index is -0.223. The van der Waals surface area contributed by atoms with Crippen LogP contribution in [0.25, 0.3) is 6.08 Å². The Morgan fingerprint density at radius 3 is 2.46 bits per heavy atom. The highest BCUT2D eigenvalue weighted by Gasteiger charge is 2.35. The molecule has 0 aromatic heterocycles. The van der Waals surface area contributed by atoms with Crippen molar-refractivity contribution in [2.75, 3.05) is 18.0 Å². The van der Waals surface area contributed by atoms with E-state index in [0.29, 0.717) is 11.4 Å². The number of benzene rings is 2. The average Bonchev–Trinajstić information content (AvgIpc) is 3.28. The number of anilines is 1. The van der Waals surface area contributed by atoms with Gasteiger partial charge in [-0.25, -0.2) is 0 Å². The van der Waals surface area contributed by atoms with Gasteiger partial charge in [0.1, 0.15) is 0 Å². The van der Waals surface area contributed by atoms with Crippen molar-refractivity contribution in [3.05, 3.63) is 68.5 Å². The third kappa shape index (κ3) is 4.03. The summed E-state index contributed by atoms with van der Waals surface area (Å²) < 4.78 is 0.970. The minimum absolute atomic E-state index is 0.218. The summed E-state index contributed by atoms with van der Waals surface area (Å²) >= 11 is 4.41. The van der Waals surface area contributed by atoms with Gasteiger partial charge in [-0.2, -0.15) is 0 Å². The second-order valence-corrected chi connectivity index (χ2v) is 9.04. The molecule has 4 nitrogen and oxygen atoms in total. The molecule has 0 unspecified atom stereocenters. The van der Waals surface area contributed by atoms with Crippen LogP contribution < -0.4 is 4.90 Å². The number of aryl methyl sites for hydroxylation is 1. The predicted molar refractivity (Wildman–Crippen MR) is 118 cm³/mol. The fourth-order valence-corrected chi connectivity index (χ4v) is 4.74. The molecule has 2 heterocycles. The van der Waals surface area contributed by atoms with Crippen molar-refractivity contribution in [1.82, 2.24) is 4.90 Å². The lowest BCUT2D eigenvalue weighted by atomic mass is 10.1. The van der Waals surface area contributed by atoms with Gasteiger partial charge in [0, 0.05) is 23.2 Å². The summed E-state index contributed by atoms with van der Waals surface area (Å²) in [5, 5.41) is -0.218. The van der Waals surface area contributed by atoms with Crippen LogP contribution >= 0.6 is 27.7 Å². The SMILES string of the molecule is Cc1cc(C=C2SC(=O)N(Cc3ccc(Br)cc3)C2=O)ccc1N1CCCC1. The minimum Gasteiger partial charge on any atom is -0.371 e. The zero-order valence-electron chi connectivity index (χ0n) is 15.7. The maximum atomic E-state index is 12.8. The topological polar surface area (TPSA) is 40.6 Å². The Labute approximate surface area is 177 Å². The van der Waals surface area contributed by atoms with Crippen molar-refractivity contribution in [2.24, 2.45) is 0 Å². The molecule has 0 N–H and O–H groups in total. The Balaban J connectivity index is 1.52. The summed E-state index contributed by atoms with van der Waals surface area (Å²) in [4.78, 5) is 29.3. The van der Waals surface area contributed by atoms with Gasteiger partial charge in [0.25, 0.3) is 11.1 Å². The molecule has 0 saturated carbocycles. The van der Waals surface area contributed by atoms with Gasteiger partial charge in [-0.15, -0.1) is 0 Å². The van der Waals surface area contributed by atoms with Crippen molar-refractivity contribution in [2.45, 2.75) is 26.3 Å². The van der Waals surface area contributed by atoms with E-state index >= 15 is 0 Å². The van der Waals surface area contributed by atoms with Gasteiger partial charge in [-0.05, 0) is 78.6 Å². The first-order chi connectivity index (χ1) is 13.5. The zero-order chi connectivity index (χ0) is 19.7. The fourth-order valence-electron chi connectivity index (χ4n) is 3.64. The second kappa shape index (κ2) is 8.13. The molecule has 2 aliphatic rings. The first-order valence-corrected chi connectivity index (χ1v) is 11.0. The molecule has 4 rings (SSSR count). The van der Waals surface area contributed by atoms with E-state index in [1.165, 1.54) is 29.0 Å². The predicted octanol–water partition coefficient (Wildman–Crippen LogP) is 5.59. The van der Waals surface area contributed by atoms with E-state index in [0.717, 1.165) is 40.5 Å². The van der Waals surface area contributed by atoms with E-state index in [4.69, 9.17) is 0 Å². The number of carbonyl (C=O) groups is 2. The van der Waals surface area contributed by atoms with Crippen LogP contribution in [0.1, 0.15) is 29.5 Å². The zero-order valence-corrected chi connectivity index (χ0v) is 18.1. The highest BCUT2D eigenvalue weighted by molar-refractivity contribution is 9.10. The number of thioether (sulfide) groups is 1. The van der Waals surface area contributed by atoms with Crippen LogP contribution in [0.4, 0.5) is 10.5 Å². The number of hydrogen-bond donors (Lipinski definition) is 0. The van der Waals surface area contributed by atoms with E-state index in [2.05, 4.69) is 39.9 Å². The van der Waals surface area contributed by atoms with Crippen molar-refractivity contribution in [3.8, 4) is 0 Å². The Morgan fingerprint density at radius 1 is 1.07 bits per heavy atom. The molecule has 0 radical (unpaired) electrons. The molecule has 6 heteroatoms. The Bertz CT molecular complexity index is 950. The molecule has 2 aromatic rings. The summed E-state index contributed by atoms with van der Waals surface area (Å²) in [6.07, 6.45) is 4.31. The largest absolute Gasteiger partial charge is 0.371 e. The number of hydrogen-bond acceptors (Lipinski definition) is 4. The molecule has 2 saturated heterocycles. The molecule has 0 atom stereocenters. The normalized spacial score (nSPS) is 18.6. The van der Waals surface area contributed by atoms with E-state index in [9.17, 15) is 9.59 Å². The highest BCUT2D eigenvalue weighted by Crippen LogP contribution is 2.34. The van der Waals surface area contributed by atoms with Gasteiger partial charge in [0.15, 0.2) is 0 Å². The van der Waals surface area contributed by atoms with Crippen LogP contribution in [-0.2, 0) is 11.3 Å². The van der Waals surface area contributed by atoms with Crippen molar-refractivity contribution < 1.29 is 9.59 Å². The van der Waals surface area contributed by atoms with E-state index in [-0.39, 0.29) is 11.1 Å². The number of halogens is 1. The third-order valence-electron chi connectivity index (χ3n) is 5.09. The van der Waals surface area contributed by atoms with Crippen LogP contribution in [-0.4, -0.2) is 29.1 Å². The van der Waals surface area contributed by atoms with Crippen LogP contribution in [0, 0.1) is 6.92 Å². The van der Waals surface area contributed by atoms with Crippen LogP contribution in [0.15, 0.2) is 51.8 Å². The molecule has 2 aromatic carbocycles. The number of carbonyl (C=O) groups excluding carboxylic acids is 2. The van der Waals surface area contributed by atoms with Crippen molar-refractivity contribution in [3.63, 3.8) is 0 Å². The third-order valence-corrected chi connectivity index (χ3v) is 6.53. The molecule has 2 fully saturated rings. The number of imide groups is 1. The molecule has 0 spiro atoms. The molecular weight excluding hydrogens is 436 g/mol. The summed E-state index contributed by atoms with van der Waals surface area (Å²) in [5.41, 5.74) is 4.34. The maximum absolute atomic E-state index is 12.8. The quantitative estimate of drug-likeness (QED) is 0.561. The number of amides is 2. The molecule has 28 heavy (non-hydrogen) atoms. The van der Waals surface area contributed by atoms with Crippen molar-refractivity contribution in [1.29, 1.82) is 0 Å². The fraction of sp³-hybridized carbons (Fsp3) is 0.273. The van der Waals surface area contributed by atoms with Crippen LogP contribution in [0.3, 0.4) is 0 Å². The van der Waals surface area contributed by atoms with Gasteiger partial charge in [-0.3, -0.25) is 14.5 Å². The molecule has 0 bridgehead atoms. The lowest BCUT2D eigenvalue weighted by molar-refractivity contribution is -0.123. The Morgan fingerprint density at radius 2 is 1.79 bits per heavy atom. The van der Waals surface area contributed by atoms with Gasteiger partial charge in [-0.1, -0.05) is 34.1 Å². The lowest BCUT2D eigenvalue weighted by Crippen LogP contribution is -2.27. The Hall–Kier alpha value is -2.05. The summed E-state index contributed by atoms with van der Waals surface area (Å²) in [6.45, 7) is 4.61. The molecule has 0 aliphatic carbocycles. The molecule has 2 aliphatic heterocycles. The lowest BCUT2D eigenvalue weighted by Gasteiger charge is -2.20. The average molecular weight is 457 g/mol. The van der Waals surface area contributed by atoms with Gasteiger partial charge < -0.3 is 4.90 Å². The summed E-state index contributed by atoms with van der Waals surface area (Å²) in [6, 6.07) is 13.9. The smallest absolute Gasteiger partial charge is 0.293 e. The van der Waals surface area contributed by atoms with Gasteiger partial charge in [0.2, 0.25) is 0 Å². The van der Waals surface area contributed by atoms with Crippen LogP contribution in [0.5, 0.6) is 0 Å². The van der Waals surface area contributed by atoms with Crippen LogP contribution in [0.2, 0.25) is 0 Å². The molecule has 2 amide bonds. The van der Waals surface area contributed by atoms with E-state index in [1.54, 1.807) is 0 Å². The molecular formula is C22H21BrN2O2S. The van der Waals surface area contributed by atoms with Gasteiger partial charge in [0.05, 0.1) is 11.4 Å². The van der Waals surface area contributed by atoms with E-state index in [1.807, 2.05) is 36.4 Å². The van der Waals surface area contributed by atoms with Crippen molar-refractivity contribution >= 4 is 50.6 Å². The number of nitrogens with zero attached hydrogens (tertiary/aromatic N) is 2. The number of rotatable bonds is 4. The second-order valence-electron chi connectivity index (χ2n) is 7.13. The highest BCUT2D eigenvalue weighted by atomic mass is 79.9. The maximum Gasteiger partial charge on any atom is 0.293 e. The summed E-state index contributed by atoms with van der Waals surface area (Å²) in [7, 11) is 0. The summed E-state index contributed by atoms with van der Waals surface area (Å²) in [5.74, 6) is -0.223. The van der Waals surface area contributed by atoms with Gasteiger partial charge >= 0.3 is 0 Å². The monoisotopic (exact) mass is 456 g/mol.